The van der Waals surface area contributed by atoms with E-state index in [1.165, 1.54) is 0 Å². The van der Waals surface area contributed by atoms with Crippen LogP contribution in [0.3, 0.4) is 0 Å². The Morgan fingerprint density at radius 2 is 1.88 bits per heavy atom. The van der Waals surface area contributed by atoms with E-state index in [1.807, 2.05) is 12.1 Å². The average Bonchev–Trinajstić information content (AvgIpc) is 2.64. The van der Waals surface area contributed by atoms with Crippen molar-refractivity contribution in [1.29, 1.82) is 0 Å². The van der Waals surface area contributed by atoms with Crippen molar-refractivity contribution in [3.8, 4) is 11.5 Å². The van der Waals surface area contributed by atoms with Crippen LogP contribution in [0.4, 0.5) is 5.69 Å². The molecule has 2 heterocycles. The molecule has 0 radical (unpaired) electrons. The van der Waals surface area contributed by atoms with Gasteiger partial charge in [-0.05, 0) is 54.4 Å². The number of hydrogen-bond donors (Lipinski definition) is 1. The lowest BCUT2D eigenvalue weighted by atomic mass is 10.1. The maximum Gasteiger partial charge on any atom is 0.224 e. The summed E-state index contributed by atoms with van der Waals surface area (Å²) in [5, 5.41) is 3.31. The number of aryl methyl sites for hydroxylation is 1. The SMILES string of the molecule is O=C(CCc1ccc(Cl)nc1)Nc1ccc(Oc2cccnc2)cc1. The number of rotatable bonds is 6. The van der Waals surface area contributed by atoms with Gasteiger partial charge in [-0.3, -0.25) is 9.78 Å². The number of amides is 1. The highest BCUT2D eigenvalue weighted by molar-refractivity contribution is 6.29. The number of benzene rings is 1. The van der Waals surface area contributed by atoms with Crippen LogP contribution in [-0.4, -0.2) is 15.9 Å². The number of hydrogen-bond acceptors (Lipinski definition) is 4. The van der Waals surface area contributed by atoms with Gasteiger partial charge in [-0.25, -0.2) is 4.98 Å². The van der Waals surface area contributed by atoms with Crippen molar-refractivity contribution < 1.29 is 9.53 Å². The molecule has 0 saturated carbocycles. The third kappa shape index (κ3) is 5.29. The van der Waals surface area contributed by atoms with E-state index >= 15 is 0 Å². The number of carbonyl (C=O) groups is 1. The Morgan fingerprint density at radius 1 is 1.04 bits per heavy atom. The first kappa shape index (κ1) is 16.9. The number of aromatic nitrogens is 2. The molecule has 1 aromatic carbocycles. The van der Waals surface area contributed by atoms with Crippen molar-refractivity contribution >= 4 is 23.2 Å². The molecular formula is C19H16ClN3O2. The van der Waals surface area contributed by atoms with Gasteiger partial charge in [-0.15, -0.1) is 0 Å². The Balaban J connectivity index is 1.50. The highest BCUT2D eigenvalue weighted by Crippen LogP contribution is 2.22. The zero-order valence-electron chi connectivity index (χ0n) is 13.4. The van der Waals surface area contributed by atoms with Gasteiger partial charge in [0, 0.05) is 24.5 Å². The van der Waals surface area contributed by atoms with Gasteiger partial charge < -0.3 is 10.1 Å². The van der Waals surface area contributed by atoms with E-state index < -0.39 is 0 Å². The number of ether oxygens (including phenoxy) is 1. The fourth-order valence-corrected chi connectivity index (χ4v) is 2.30. The van der Waals surface area contributed by atoms with Gasteiger partial charge in [0.15, 0.2) is 0 Å². The smallest absolute Gasteiger partial charge is 0.224 e. The second-order valence-corrected chi connectivity index (χ2v) is 5.74. The van der Waals surface area contributed by atoms with Crippen LogP contribution in [0, 0.1) is 0 Å². The highest BCUT2D eigenvalue weighted by atomic mass is 35.5. The van der Waals surface area contributed by atoms with Gasteiger partial charge in [0.05, 0.1) is 6.20 Å². The second kappa shape index (κ2) is 8.26. The lowest BCUT2D eigenvalue weighted by molar-refractivity contribution is -0.116. The first-order valence-electron chi connectivity index (χ1n) is 7.77. The van der Waals surface area contributed by atoms with E-state index in [0.29, 0.717) is 29.5 Å². The first-order valence-corrected chi connectivity index (χ1v) is 8.15. The Bertz CT molecular complexity index is 822. The third-order valence-corrected chi connectivity index (χ3v) is 3.66. The van der Waals surface area contributed by atoms with Crippen LogP contribution in [0.5, 0.6) is 11.5 Å². The molecule has 3 aromatic rings. The Morgan fingerprint density at radius 3 is 2.56 bits per heavy atom. The third-order valence-electron chi connectivity index (χ3n) is 3.44. The maximum absolute atomic E-state index is 12.0. The van der Waals surface area contributed by atoms with Crippen molar-refractivity contribution in [3.05, 3.63) is 77.8 Å². The van der Waals surface area contributed by atoms with Gasteiger partial charge >= 0.3 is 0 Å². The molecule has 0 bridgehead atoms. The molecule has 0 spiro atoms. The predicted octanol–water partition coefficient (Wildman–Crippen LogP) is 4.49. The maximum atomic E-state index is 12.0. The van der Waals surface area contributed by atoms with Crippen LogP contribution in [0.2, 0.25) is 5.15 Å². The molecular weight excluding hydrogens is 338 g/mol. The summed E-state index contributed by atoms with van der Waals surface area (Å²) in [6.45, 7) is 0. The normalized spacial score (nSPS) is 10.3. The molecule has 2 aromatic heterocycles. The van der Waals surface area contributed by atoms with Crippen LogP contribution < -0.4 is 10.1 Å². The molecule has 0 aliphatic heterocycles. The summed E-state index contributed by atoms with van der Waals surface area (Å²) in [5.74, 6) is 1.28. The molecule has 0 fully saturated rings. The lowest BCUT2D eigenvalue weighted by Gasteiger charge is -2.08. The average molecular weight is 354 g/mol. The van der Waals surface area contributed by atoms with Crippen molar-refractivity contribution in [3.63, 3.8) is 0 Å². The second-order valence-electron chi connectivity index (χ2n) is 5.35. The minimum atomic E-state index is -0.0594. The molecule has 0 aliphatic rings. The standard InChI is InChI=1S/C19H16ClN3O2/c20-18-9-3-14(12-22-18)4-10-19(24)23-15-5-7-16(8-6-15)25-17-2-1-11-21-13-17/h1-3,5-9,11-13H,4,10H2,(H,23,24). The van der Waals surface area contributed by atoms with E-state index in [0.717, 1.165) is 11.3 Å². The fraction of sp³-hybridized carbons (Fsp3) is 0.105. The van der Waals surface area contributed by atoms with E-state index in [1.54, 1.807) is 55.0 Å². The molecule has 0 atom stereocenters. The molecule has 126 valence electrons. The number of carbonyl (C=O) groups excluding carboxylic acids is 1. The minimum Gasteiger partial charge on any atom is -0.456 e. The predicted molar refractivity (Wildman–Crippen MR) is 97.0 cm³/mol. The first-order chi connectivity index (χ1) is 12.2. The number of anilines is 1. The van der Waals surface area contributed by atoms with Crippen LogP contribution in [0.25, 0.3) is 0 Å². The lowest BCUT2D eigenvalue weighted by Crippen LogP contribution is -2.12. The van der Waals surface area contributed by atoms with Crippen molar-refractivity contribution in [2.75, 3.05) is 5.32 Å². The summed E-state index contributed by atoms with van der Waals surface area (Å²) in [6, 6.07) is 14.4. The van der Waals surface area contributed by atoms with Gasteiger partial charge in [0.2, 0.25) is 5.91 Å². The van der Waals surface area contributed by atoms with Gasteiger partial charge in [0.25, 0.3) is 0 Å². The van der Waals surface area contributed by atoms with E-state index in [9.17, 15) is 4.79 Å². The Kier molecular flexibility index (Phi) is 5.59. The summed E-state index contributed by atoms with van der Waals surface area (Å²) in [4.78, 5) is 20.0. The van der Waals surface area contributed by atoms with Crippen LogP contribution >= 0.6 is 11.6 Å². The Hall–Kier alpha value is -2.92. The zero-order valence-corrected chi connectivity index (χ0v) is 14.1. The molecule has 0 aliphatic carbocycles. The summed E-state index contributed by atoms with van der Waals surface area (Å²) < 4.78 is 5.66. The number of nitrogens with one attached hydrogen (secondary N) is 1. The molecule has 3 rings (SSSR count). The summed E-state index contributed by atoms with van der Waals surface area (Å²) in [6.07, 6.45) is 5.99. The summed E-state index contributed by atoms with van der Waals surface area (Å²) in [5.41, 5.74) is 1.69. The number of pyridine rings is 2. The molecule has 5 nitrogen and oxygen atoms in total. The fourth-order valence-electron chi connectivity index (χ4n) is 2.19. The van der Waals surface area contributed by atoms with E-state index in [-0.39, 0.29) is 5.91 Å². The molecule has 0 unspecified atom stereocenters. The number of halogens is 1. The van der Waals surface area contributed by atoms with Crippen LogP contribution in [0.1, 0.15) is 12.0 Å². The molecule has 25 heavy (non-hydrogen) atoms. The van der Waals surface area contributed by atoms with Gasteiger partial charge in [0.1, 0.15) is 16.7 Å². The zero-order chi connectivity index (χ0) is 17.5. The number of nitrogens with zero attached hydrogens (tertiary/aromatic N) is 2. The molecule has 0 saturated heterocycles. The van der Waals surface area contributed by atoms with Crippen molar-refractivity contribution in [2.45, 2.75) is 12.8 Å². The monoisotopic (exact) mass is 353 g/mol. The van der Waals surface area contributed by atoms with Crippen molar-refractivity contribution in [1.82, 2.24) is 9.97 Å². The Labute approximate surface area is 150 Å². The summed E-state index contributed by atoms with van der Waals surface area (Å²) in [7, 11) is 0. The topological polar surface area (TPSA) is 64.1 Å². The quantitative estimate of drug-likeness (QED) is 0.663. The van der Waals surface area contributed by atoms with Crippen LogP contribution in [-0.2, 0) is 11.2 Å². The molecule has 1 N–H and O–H groups in total. The minimum absolute atomic E-state index is 0.0594. The largest absolute Gasteiger partial charge is 0.456 e. The van der Waals surface area contributed by atoms with Gasteiger partial charge in [-0.2, -0.15) is 0 Å². The van der Waals surface area contributed by atoms with Crippen molar-refractivity contribution in [2.24, 2.45) is 0 Å². The summed E-state index contributed by atoms with van der Waals surface area (Å²) >= 11 is 5.74. The highest BCUT2D eigenvalue weighted by Gasteiger charge is 2.04. The molecule has 1 amide bonds. The van der Waals surface area contributed by atoms with E-state index in [4.69, 9.17) is 16.3 Å². The van der Waals surface area contributed by atoms with E-state index in [2.05, 4.69) is 15.3 Å². The molecule has 6 heteroatoms. The van der Waals surface area contributed by atoms with Crippen LogP contribution in [0.15, 0.2) is 67.1 Å². The van der Waals surface area contributed by atoms with Gasteiger partial charge in [-0.1, -0.05) is 17.7 Å².